The first-order valence-corrected chi connectivity index (χ1v) is 7.82. The molecule has 0 amide bonds. The van der Waals surface area contributed by atoms with Crippen LogP contribution in [0.1, 0.15) is 31.7 Å². The molecule has 3 rings (SSSR count). The number of rotatable bonds is 3. The van der Waals surface area contributed by atoms with Gasteiger partial charge in [0.1, 0.15) is 0 Å². The van der Waals surface area contributed by atoms with Gasteiger partial charge in [0.15, 0.2) is 5.82 Å². The van der Waals surface area contributed by atoms with Crippen LogP contribution < -0.4 is 5.73 Å². The van der Waals surface area contributed by atoms with E-state index in [4.69, 9.17) is 10.3 Å². The fourth-order valence-electron chi connectivity index (χ4n) is 3.06. The van der Waals surface area contributed by atoms with Crippen LogP contribution in [-0.4, -0.2) is 34.2 Å². The molecule has 23 heavy (non-hydrogen) atoms. The number of piperidine rings is 1. The lowest BCUT2D eigenvalue weighted by atomic mass is 9.80. The smallest absolute Gasteiger partial charge is 0.258 e. The molecule has 2 heterocycles. The van der Waals surface area contributed by atoms with Crippen LogP contribution >= 0.6 is 12.4 Å². The average molecular weight is 337 g/mol. The summed E-state index contributed by atoms with van der Waals surface area (Å²) >= 11 is 0. The Kier molecular flexibility index (Phi) is 5.45. The zero-order valence-electron chi connectivity index (χ0n) is 14.0. The first-order chi connectivity index (χ1) is 10.5. The SMILES string of the molecule is Cc1ccccc1-c1nc(CN2CCC(N)C(C)(C)C2)no1.Cl. The monoisotopic (exact) mass is 336 g/mol. The van der Waals surface area contributed by atoms with Gasteiger partial charge in [0.25, 0.3) is 5.89 Å². The van der Waals surface area contributed by atoms with Crippen molar-refractivity contribution in [2.24, 2.45) is 11.1 Å². The van der Waals surface area contributed by atoms with Gasteiger partial charge in [-0.1, -0.05) is 37.2 Å². The topological polar surface area (TPSA) is 68.2 Å². The Hall–Kier alpha value is -1.43. The number of halogens is 1. The largest absolute Gasteiger partial charge is 0.334 e. The maximum absolute atomic E-state index is 6.19. The summed E-state index contributed by atoms with van der Waals surface area (Å²) in [6, 6.07) is 8.32. The lowest BCUT2D eigenvalue weighted by Crippen LogP contribution is -2.52. The van der Waals surface area contributed by atoms with Crippen LogP contribution in [0.25, 0.3) is 11.5 Å². The van der Waals surface area contributed by atoms with Crippen molar-refractivity contribution < 1.29 is 4.52 Å². The third-order valence-corrected chi connectivity index (χ3v) is 4.60. The lowest BCUT2D eigenvalue weighted by Gasteiger charge is -2.42. The number of benzene rings is 1. The lowest BCUT2D eigenvalue weighted by molar-refractivity contribution is 0.0872. The Bertz CT molecular complexity index is 656. The minimum atomic E-state index is 0. The summed E-state index contributed by atoms with van der Waals surface area (Å²) in [6.07, 6.45) is 1.01. The summed E-state index contributed by atoms with van der Waals surface area (Å²) in [7, 11) is 0. The van der Waals surface area contributed by atoms with Gasteiger partial charge in [-0.2, -0.15) is 4.98 Å². The third kappa shape index (κ3) is 3.91. The highest BCUT2D eigenvalue weighted by molar-refractivity contribution is 5.85. The molecule has 2 aromatic rings. The van der Waals surface area contributed by atoms with E-state index in [0.717, 1.165) is 36.5 Å². The molecule has 1 unspecified atom stereocenters. The molecule has 0 spiro atoms. The molecular weight excluding hydrogens is 312 g/mol. The fourth-order valence-corrected chi connectivity index (χ4v) is 3.06. The summed E-state index contributed by atoms with van der Waals surface area (Å²) < 4.78 is 5.43. The third-order valence-electron chi connectivity index (χ3n) is 4.60. The van der Waals surface area contributed by atoms with Gasteiger partial charge >= 0.3 is 0 Å². The van der Waals surface area contributed by atoms with E-state index < -0.39 is 0 Å². The van der Waals surface area contributed by atoms with Crippen molar-refractivity contribution in [1.29, 1.82) is 0 Å². The number of nitrogens with zero attached hydrogens (tertiary/aromatic N) is 3. The molecular formula is C17H25ClN4O. The van der Waals surface area contributed by atoms with Gasteiger partial charge in [-0.3, -0.25) is 4.90 Å². The van der Waals surface area contributed by atoms with Gasteiger partial charge in [0, 0.05) is 24.7 Å². The quantitative estimate of drug-likeness (QED) is 0.933. The van der Waals surface area contributed by atoms with Crippen LogP contribution in [0.3, 0.4) is 0 Å². The van der Waals surface area contributed by atoms with E-state index in [0.29, 0.717) is 12.4 Å². The number of aryl methyl sites for hydroxylation is 1. The van der Waals surface area contributed by atoms with Crippen molar-refractivity contribution >= 4 is 12.4 Å². The minimum Gasteiger partial charge on any atom is -0.334 e. The van der Waals surface area contributed by atoms with Gasteiger partial charge in [0.2, 0.25) is 0 Å². The molecule has 1 atom stereocenters. The minimum absolute atomic E-state index is 0. The number of aromatic nitrogens is 2. The zero-order chi connectivity index (χ0) is 15.7. The highest BCUT2D eigenvalue weighted by atomic mass is 35.5. The summed E-state index contributed by atoms with van der Waals surface area (Å²) in [4.78, 5) is 6.91. The molecule has 0 saturated carbocycles. The molecule has 0 bridgehead atoms. The van der Waals surface area contributed by atoms with Crippen molar-refractivity contribution in [3.8, 4) is 11.5 Å². The predicted octanol–water partition coefficient (Wildman–Crippen LogP) is 3.03. The van der Waals surface area contributed by atoms with E-state index in [1.165, 1.54) is 0 Å². The van der Waals surface area contributed by atoms with Gasteiger partial charge in [-0.25, -0.2) is 0 Å². The molecule has 1 aliphatic heterocycles. The molecule has 1 aliphatic rings. The van der Waals surface area contributed by atoms with Gasteiger partial charge in [-0.05, 0) is 30.4 Å². The maximum atomic E-state index is 6.19. The second kappa shape index (κ2) is 6.99. The predicted molar refractivity (Wildman–Crippen MR) is 93.4 cm³/mol. The molecule has 1 fully saturated rings. The van der Waals surface area contributed by atoms with E-state index in [-0.39, 0.29) is 23.9 Å². The molecule has 1 saturated heterocycles. The normalized spacial score (nSPS) is 21.0. The van der Waals surface area contributed by atoms with Crippen LogP contribution in [0.5, 0.6) is 0 Å². The maximum Gasteiger partial charge on any atom is 0.258 e. The number of hydrogen-bond acceptors (Lipinski definition) is 5. The van der Waals surface area contributed by atoms with Crippen LogP contribution in [0.15, 0.2) is 28.8 Å². The van der Waals surface area contributed by atoms with Crippen LogP contribution in [-0.2, 0) is 6.54 Å². The summed E-state index contributed by atoms with van der Waals surface area (Å²) in [5.41, 5.74) is 8.46. The van der Waals surface area contributed by atoms with Crippen molar-refractivity contribution in [2.45, 2.75) is 39.8 Å². The second-order valence-electron chi connectivity index (χ2n) is 6.93. The Morgan fingerprint density at radius 2 is 2.09 bits per heavy atom. The van der Waals surface area contributed by atoms with Gasteiger partial charge < -0.3 is 10.3 Å². The summed E-state index contributed by atoms with van der Waals surface area (Å²) in [5, 5.41) is 4.14. The summed E-state index contributed by atoms with van der Waals surface area (Å²) in [5.74, 6) is 1.34. The Balaban J connectivity index is 0.00000192. The molecule has 0 radical (unpaired) electrons. The van der Waals surface area contributed by atoms with Crippen LogP contribution in [0.2, 0.25) is 0 Å². The van der Waals surface area contributed by atoms with Crippen molar-refractivity contribution in [2.75, 3.05) is 13.1 Å². The fraction of sp³-hybridized carbons (Fsp3) is 0.529. The van der Waals surface area contributed by atoms with Gasteiger partial charge in [0.05, 0.1) is 6.54 Å². The Morgan fingerprint density at radius 1 is 1.35 bits per heavy atom. The van der Waals surface area contributed by atoms with Crippen LogP contribution in [0.4, 0.5) is 0 Å². The average Bonchev–Trinajstić information content (AvgIpc) is 2.91. The highest BCUT2D eigenvalue weighted by Gasteiger charge is 2.33. The second-order valence-corrected chi connectivity index (χ2v) is 6.93. The molecule has 1 aromatic heterocycles. The zero-order valence-corrected chi connectivity index (χ0v) is 14.8. The van der Waals surface area contributed by atoms with E-state index >= 15 is 0 Å². The number of hydrogen-bond donors (Lipinski definition) is 1. The van der Waals surface area contributed by atoms with E-state index in [2.05, 4.69) is 28.9 Å². The van der Waals surface area contributed by atoms with Crippen molar-refractivity contribution in [1.82, 2.24) is 15.0 Å². The van der Waals surface area contributed by atoms with E-state index in [1.807, 2.05) is 31.2 Å². The highest BCUT2D eigenvalue weighted by Crippen LogP contribution is 2.28. The molecule has 2 N–H and O–H groups in total. The van der Waals surface area contributed by atoms with Crippen molar-refractivity contribution in [3.63, 3.8) is 0 Å². The van der Waals surface area contributed by atoms with Crippen LogP contribution in [0, 0.1) is 12.3 Å². The number of nitrogens with two attached hydrogens (primary N) is 1. The van der Waals surface area contributed by atoms with E-state index in [9.17, 15) is 0 Å². The molecule has 1 aromatic carbocycles. The molecule has 0 aliphatic carbocycles. The first-order valence-electron chi connectivity index (χ1n) is 7.82. The molecule has 5 nitrogen and oxygen atoms in total. The first kappa shape index (κ1) is 17.9. The summed E-state index contributed by atoms with van der Waals surface area (Å²) in [6.45, 7) is 9.15. The number of likely N-dealkylation sites (tertiary alicyclic amines) is 1. The standard InChI is InChI=1S/C17H24N4O.ClH/c1-12-6-4-5-7-13(12)16-19-15(20-22-16)10-21-9-8-14(18)17(2,3)11-21;/h4-7,14H,8-11,18H2,1-3H3;1H. The molecule has 6 heteroatoms. The Labute approximate surface area is 143 Å². The molecule has 126 valence electrons. The van der Waals surface area contributed by atoms with Crippen molar-refractivity contribution in [3.05, 3.63) is 35.7 Å². The van der Waals surface area contributed by atoms with E-state index in [1.54, 1.807) is 0 Å². The van der Waals surface area contributed by atoms with Gasteiger partial charge in [-0.15, -0.1) is 12.4 Å². The Morgan fingerprint density at radius 3 is 2.78 bits per heavy atom.